The number of fused-ring (bicyclic) bond motifs is 1. The number of hydrogen-bond acceptors (Lipinski definition) is 5. The molecule has 142 valence electrons. The third-order valence-electron chi connectivity index (χ3n) is 4.91. The van der Waals surface area contributed by atoms with Gasteiger partial charge in [-0.15, -0.1) is 0 Å². The molecule has 7 nitrogen and oxygen atoms in total. The van der Waals surface area contributed by atoms with Crippen molar-refractivity contribution in [3.8, 4) is 11.4 Å². The lowest BCUT2D eigenvalue weighted by Gasteiger charge is -2.16. The van der Waals surface area contributed by atoms with E-state index in [0.717, 1.165) is 5.56 Å². The average Bonchev–Trinajstić information content (AvgIpc) is 3.20. The van der Waals surface area contributed by atoms with Gasteiger partial charge in [-0.2, -0.15) is 4.98 Å². The zero-order valence-electron chi connectivity index (χ0n) is 15.7. The minimum absolute atomic E-state index is 0.0931. The van der Waals surface area contributed by atoms with E-state index in [2.05, 4.69) is 10.1 Å². The number of aromatic nitrogens is 4. The van der Waals surface area contributed by atoms with Crippen LogP contribution >= 0.6 is 0 Å². The zero-order valence-corrected chi connectivity index (χ0v) is 15.7. The predicted octanol–water partition coefficient (Wildman–Crippen LogP) is 3.23. The molecule has 0 N–H and O–H groups in total. The number of hydrogen-bond donors (Lipinski definition) is 0. The van der Waals surface area contributed by atoms with Crippen molar-refractivity contribution in [2.75, 3.05) is 0 Å². The molecule has 28 heavy (non-hydrogen) atoms. The summed E-state index contributed by atoms with van der Waals surface area (Å²) in [6.45, 7) is 3.90. The quantitative estimate of drug-likeness (QED) is 0.534. The number of rotatable bonds is 5. The van der Waals surface area contributed by atoms with Crippen LogP contribution < -0.4 is 11.2 Å². The van der Waals surface area contributed by atoms with Gasteiger partial charge in [0.25, 0.3) is 5.56 Å². The molecule has 0 fully saturated rings. The molecular weight excluding hydrogens is 356 g/mol. The smallest absolute Gasteiger partial charge is 0.332 e. The van der Waals surface area contributed by atoms with Crippen LogP contribution in [0.3, 0.4) is 0 Å². The monoisotopic (exact) mass is 376 g/mol. The molecule has 2 aromatic carbocycles. The summed E-state index contributed by atoms with van der Waals surface area (Å²) in [7, 11) is 0. The molecule has 0 aliphatic carbocycles. The molecule has 4 aromatic rings. The topological polar surface area (TPSA) is 82.9 Å². The number of benzene rings is 2. The van der Waals surface area contributed by atoms with Crippen molar-refractivity contribution in [3.05, 3.63) is 81.3 Å². The molecule has 0 bridgehead atoms. The van der Waals surface area contributed by atoms with Crippen molar-refractivity contribution >= 4 is 10.9 Å². The normalized spacial score (nSPS) is 12.4. The first-order valence-electron chi connectivity index (χ1n) is 9.22. The fourth-order valence-electron chi connectivity index (χ4n) is 3.22. The Morgan fingerprint density at radius 1 is 1.04 bits per heavy atom. The minimum atomic E-state index is -0.377. The lowest BCUT2D eigenvalue weighted by Crippen LogP contribution is -2.41. The van der Waals surface area contributed by atoms with Crippen LogP contribution in [0.2, 0.25) is 0 Å². The fourth-order valence-corrected chi connectivity index (χ4v) is 3.22. The molecular formula is C21H20N4O3. The van der Waals surface area contributed by atoms with Gasteiger partial charge < -0.3 is 4.52 Å². The average molecular weight is 376 g/mol. The van der Waals surface area contributed by atoms with E-state index in [4.69, 9.17) is 4.52 Å². The zero-order chi connectivity index (χ0) is 19.7. The summed E-state index contributed by atoms with van der Waals surface area (Å²) in [5, 5.41) is 4.50. The molecule has 2 heterocycles. The van der Waals surface area contributed by atoms with Crippen molar-refractivity contribution in [3.63, 3.8) is 0 Å². The largest absolute Gasteiger partial charge is 0.337 e. The summed E-state index contributed by atoms with van der Waals surface area (Å²) >= 11 is 0. The van der Waals surface area contributed by atoms with E-state index in [9.17, 15) is 9.59 Å². The summed E-state index contributed by atoms with van der Waals surface area (Å²) < 4.78 is 8.20. The van der Waals surface area contributed by atoms with Gasteiger partial charge in [0.05, 0.1) is 10.9 Å². The molecule has 0 aliphatic rings. The Bertz CT molecular complexity index is 1240. The van der Waals surface area contributed by atoms with Gasteiger partial charge in [0.1, 0.15) is 6.54 Å². The number of nitrogens with zero attached hydrogens (tertiary/aromatic N) is 4. The summed E-state index contributed by atoms with van der Waals surface area (Å²) in [5.41, 5.74) is 0.731. The van der Waals surface area contributed by atoms with Crippen LogP contribution in [0.4, 0.5) is 0 Å². The van der Waals surface area contributed by atoms with Crippen LogP contribution in [0, 0.1) is 0 Å². The van der Waals surface area contributed by atoms with Gasteiger partial charge in [0, 0.05) is 11.6 Å². The highest BCUT2D eigenvalue weighted by Gasteiger charge is 2.18. The van der Waals surface area contributed by atoms with E-state index in [1.165, 1.54) is 9.13 Å². The number of para-hydroxylation sites is 1. The molecule has 0 unspecified atom stereocenters. The van der Waals surface area contributed by atoms with Gasteiger partial charge in [-0.05, 0) is 25.5 Å². The molecule has 0 aliphatic heterocycles. The summed E-state index contributed by atoms with van der Waals surface area (Å²) in [5.74, 6) is 0.767. The molecule has 0 saturated carbocycles. The van der Waals surface area contributed by atoms with Crippen molar-refractivity contribution in [2.24, 2.45) is 0 Å². The molecule has 2 aromatic heterocycles. The summed E-state index contributed by atoms with van der Waals surface area (Å²) in [4.78, 5) is 30.4. The second-order valence-corrected chi connectivity index (χ2v) is 6.70. The molecule has 7 heteroatoms. The molecule has 0 saturated heterocycles. The van der Waals surface area contributed by atoms with E-state index >= 15 is 0 Å². The van der Waals surface area contributed by atoms with Gasteiger partial charge in [-0.1, -0.05) is 54.5 Å². The fraction of sp³-hybridized carbons (Fsp3) is 0.238. The Morgan fingerprint density at radius 2 is 1.75 bits per heavy atom. The van der Waals surface area contributed by atoms with E-state index < -0.39 is 0 Å². The van der Waals surface area contributed by atoms with Crippen LogP contribution in [-0.4, -0.2) is 19.3 Å². The molecule has 1 atom stereocenters. The maximum atomic E-state index is 13.1. The van der Waals surface area contributed by atoms with Crippen molar-refractivity contribution < 1.29 is 4.52 Å². The Balaban J connectivity index is 1.84. The first-order chi connectivity index (χ1) is 13.6. The Labute approximate surface area is 160 Å². The van der Waals surface area contributed by atoms with E-state index in [-0.39, 0.29) is 23.8 Å². The van der Waals surface area contributed by atoms with E-state index in [0.29, 0.717) is 29.0 Å². The molecule has 0 spiro atoms. The van der Waals surface area contributed by atoms with Gasteiger partial charge >= 0.3 is 5.69 Å². The second kappa shape index (κ2) is 7.26. The van der Waals surface area contributed by atoms with Crippen LogP contribution in [-0.2, 0) is 6.54 Å². The maximum Gasteiger partial charge on any atom is 0.332 e. The van der Waals surface area contributed by atoms with Gasteiger partial charge in [-0.25, -0.2) is 4.79 Å². The first-order valence-corrected chi connectivity index (χ1v) is 9.22. The van der Waals surface area contributed by atoms with Gasteiger partial charge in [-0.3, -0.25) is 13.9 Å². The standard InChI is InChI=1S/C21H20N4O3/c1-3-14(2)25-20(26)16-11-7-8-12-17(16)24(21(25)27)13-18-22-19(23-28-18)15-9-5-4-6-10-15/h4-12,14H,3,13H2,1-2H3/t14-/m1/s1. The van der Waals surface area contributed by atoms with E-state index in [1.807, 2.05) is 44.2 Å². The summed E-state index contributed by atoms with van der Waals surface area (Å²) in [6.07, 6.45) is 0.673. The van der Waals surface area contributed by atoms with Crippen molar-refractivity contribution in [1.29, 1.82) is 0 Å². The lowest BCUT2D eigenvalue weighted by atomic mass is 10.2. The second-order valence-electron chi connectivity index (χ2n) is 6.70. The van der Waals surface area contributed by atoms with Crippen LogP contribution in [0.1, 0.15) is 32.2 Å². The summed E-state index contributed by atoms with van der Waals surface area (Å²) in [6, 6.07) is 16.3. The highest BCUT2D eigenvalue weighted by molar-refractivity contribution is 5.77. The Kier molecular flexibility index (Phi) is 4.65. The predicted molar refractivity (Wildman–Crippen MR) is 106 cm³/mol. The van der Waals surface area contributed by atoms with Crippen LogP contribution in [0.25, 0.3) is 22.3 Å². The molecule has 0 radical (unpaired) electrons. The van der Waals surface area contributed by atoms with Gasteiger partial charge in [0.15, 0.2) is 0 Å². The minimum Gasteiger partial charge on any atom is -0.337 e. The lowest BCUT2D eigenvalue weighted by molar-refractivity contribution is 0.367. The first kappa shape index (κ1) is 17.9. The maximum absolute atomic E-state index is 13.1. The molecule has 0 amide bonds. The molecule has 4 rings (SSSR count). The van der Waals surface area contributed by atoms with Crippen LogP contribution in [0.5, 0.6) is 0 Å². The Hall–Kier alpha value is -3.48. The third-order valence-corrected chi connectivity index (χ3v) is 4.91. The van der Waals surface area contributed by atoms with E-state index in [1.54, 1.807) is 24.3 Å². The van der Waals surface area contributed by atoms with Crippen molar-refractivity contribution in [1.82, 2.24) is 19.3 Å². The Morgan fingerprint density at radius 3 is 2.50 bits per heavy atom. The van der Waals surface area contributed by atoms with Gasteiger partial charge in [0.2, 0.25) is 11.7 Å². The SMILES string of the molecule is CC[C@@H](C)n1c(=O)c2ccccc2n(Cc2nc(-c3ccccc3)no2)c1=O. The highest BCUT2D eigenvalue weighted by Crippen LogP contribution is 2.16. The third kappa shape index (κ3) is 3.05. The van der Waals surface area contributed by atoms with Crippen molar-refractivity contribution in [2.45, 2.75) is 32.9 Å². The highest BCUT2D eigenvalue weighted by atomic mass is 16.5. The van der Waals surface area contributed by atoms with Crippen LogP contribution in [0.15, 0.2) is 68.7 Å².